The van der Waals surface area contributed by atoms with Crippen LogP contribution >= 0.6 is 0 Å². The van der Waals surface area contributed by atoms with Gasteiger partial charge in [0.05, 0.1) is 0 Å². The van der Waals surface area contributed by atoms with Gasteiger partial charge in [-0.25, -0.2) is 0 Å². The Balaban J connectivity index is 0.842. The molecule has 0 saturated heterocycles. The number of hydrogen-bond donors (Lipinski definition) is 0. The van der Waals surface area contributed by atoms with E-state index in [2.05, 4.69) is 57.2 Å². The lowest BCUT2D eigenvalue weighted by molar-refractivity contribution is -0.288. The van der Waals surface area contributed by atoms with E-state index < -0.39 is 28.9 Å². The second-order valence-electron chi connectivity index (χ2n) is 25.3. The third-order valence-corrected chi connectivity index (χ3v) is 18.6. The van der Waals surface area contributed by atoms with Crippen molar-refractivity contribution in [3.05, 3.63) is 249 Å². The van der Waals surface area contributed by atoms with Crippen LogP contribution in [0.25, 0.3) is 11.1 Å². The standard InChI is InChI=1S/C81H88F6O4/c1-5-7-9-11-13-15-17-19-21-23-53-78(54-24-22-20-18-16-14-12-10-8-6-2)74-55-59(4)27-51-72(74)73-52-30-61(57-75(73)78)56-60-28-33-63(34-29-60)77(89)65-37-45-69(46-38-65)91-71-49-41-67(42-50-71)79(80(82,83)84,81(85,86)87)66-39-47-70(48-40-66)90-68-43-35-64(36-44-68)76(88)62-31-25-58(3)26-32-62/h25-52,55,57H,5-24,53-54,56H2,1-4H3. The predicted molar refractivity (Wildman–Crippen MR) is 356 cm³/mol. The number of aryl methyl sites for hydroxylation is 2. The van der Waals surface area contributed by atoms with Crippen molar-refractivity contribution in [3.8, 4) is 34.1 Å². The van der Waals surface area contributed by atoms with Crippen LogP contribution in [0.5, 0.6) is 23.0 Å². The third kappa shape index (κ3) is 16.7. The average molecular weight is 1240 g/mol. The number of benzene rings is 8. The smallest absolute Gasteiger partial charge is 0.411 e. The van der Waals surface area contributed by atoms with Gasteiger partial charge >= 0.3 is 12.4 Å². The van der Waals surface area contributed by atoms with Gasteiger partial charge < -0.3 is 9.47 Å². The van der Waals surface area contributed by atoms with Gasteiger partial charge in [-0.05, 0) is 150 Å². The van der Waals surface area contributed by atoms with Gasteiger partial charge in [-0.15, -0.1) is 0 Å². The van der Waals surface area contributed by atoms with E-state index in [4.69, 9.17) is 9.47 Å². The zero-order valence-electron chi connectivity index (χ0n) is 53.5. The van der Waals surface area contributed by atoms with E-state index in [-0.39, 0.29) is 40.0 Å². The highest BCUT2D eigenvalue weighted by atomic mass is 19.4. The molecule has 0 amide bonds. The van der Waals surface area contributed by atoms with Gasteiger partial charge in [-0.3, -0.25) is 9.59 Å². The molecule has 0 N–H and O–H groups in total. The molecule has 4 nitrogen and oxygen atoms in total. The van der Waals surface area contributed by atoms with Crippen molar-refractivity contribution >= 4 is 11.6 Å². The molecule has 0 unspecified atom stereocenters. The average Bonchev–Trinajstić information content (AvgIpc) is 1.71. The molecule has 0 bridgehead atoms. The topological polar surface area (TPSA) is 52.6 Å². The molecule has 0 fully saturated rings. The van der Waals surface area contributed by atoms with Crippen LogP contribution in [0.1, 0.15) is 231 Å². The molecule has 1 aliphatic rings. The highest BCUT2D eigenvalue weighted by Gasteiger charge is 2.72. The molecule has 8 aromatic rings. The quantitative estimate of drug-likeness (QED) is 0.0229. The molecule has 1 aliphatic carbocycles. The molecule has 8 aromatic carbocycles. The fraction of sp³-hybridized carbons (Fsp3) is 0.383. The Bertz CT molecular complexity index is 3560. The van der Waals surface area contributed by atoms with Gasteiger partial charge in [0.15, 0.2) is 11.6 Å². The van der Waals surface area contributed by atoms with Crippen LogP contribution in [0, 0.1) is 13.8 Å². The second kappa shape index (κ2) is 31.5. The zero-order chi connectivity index (χ0) is 64.4. The Labute approximate surface area is 535 Å². The fourth-order valence-electron chi connectivity index (χ4n) is 13.5. The summed E-state index contributed by atoms with van der Waals surface area (Å²) in [6.45, 7) is 8.69. The monoisotopic (exact) mass is 1240 g/mol. The number of unbranched alkanes of at least 4 members (excludes halogenated alkanes) is 18. The summed E-state index contributed by atoms with van der Waals surface area (Å²) in [6.07, 6.45) is 17.6. The van der Waals surface area contributed by atoms with E-state index in [0.717, 1.165) is 72.5 Å². The largest absolute Gasteiger partial charge is 0.457 e. The van der Waals surface area contributed by atoms with Crippen molar-refractivity contribution in [2.24, 2.45) is 0 Å². The first-order valence-electron chi connectivity index (χ1n) is 33.3. The summed E-state index contributed by atoms with van der Waals surface area (Å²) in [5.41, 5.74) is 5.53. The molecule has 0 aliphatic heterocycles. The lowest BCUT2D eigenvalue weighted by Crippen LogP contribution is -2.54. The molecular formula is C81H88F6O4. The molecule has 478 valence electrons. The Morgan fingerprint density at radius 1 is 0.352 bits per heavy atom. The fourth-order valence-corrected chi connectivity index (χ4v) is 13.5. The normalized spacial score (nSPS) is 12.8. The molecule has 0 atom stereocenters. The van der Waals surface area contributed by atoms with Crippen LogP contribution in [0.15, 0.2) is 182 Å². The maximum Gasteiger partial charge on any atom is 0.411 e. The van der Waals surface area contributed by atoms with Gasteiger partial charge in [-0.1, -0.05) is 263 Å². The number of halogens is 6. The van der Waals surface area contributed by atoms with Crippen LogP contribution in [0.2, 0.25) is 0 Å². The van der Waals surface area contributed by atoms with Crippen LogP contribution in [-0.2, 0) is 17.3 Å². The first kappa shape index (κ1) is 67.7. The van der Waals surface area contributed by atoms with E-state index >= 15 is 26.3 Å². The minimum Gasteiger partial charge on any atom is -0.457 e. The van der Waals surface area contributed by atoms with Gasteiger partial charge in [0.25, 0.3) is 0 Å². The summed E-state index contributed by atoms with van der Waals surface area (Å²) < 4.78 is 103. The minimum atomic E-state index is -5.82. The third-order valence-electron chi connectivity index (χ3n) is 18.6. The number of carbonyl (C=O) groups excluding carboxylic acids is 2. The number of alkyl halides is 6. The van der Waals surface area contributed by atoms with Crippen molar-refractivity contribution in [2.75, 3.05) is 0 Å². The summed E-state index contributed by atoms with van der Waals surface area (Å²) >= 11 is 0. The number of rotatable bonds is 34. The van der Waals surface area contributed by atoms with E-state index in [9.17, 15) is 9.59 Å². The van der Waals surface area contributed by atoms with Crippen molar-refractivity contribution in [3.63, 3.8) is 0 Å². The first-order chi connectivity index (χ1) is 43.9. The Kier molecular flexibility index (Phi) is 23.5. The highest BCUT2D eigenvalue weighted by molar-refractivity contribution is 6.09. The van der Waals surface area contributed by atoms with Gasteiger partial charge in [0, 0.05) is 27.7 Å². The summed E-state index contributed by atoms with van der Waals surface area (Å²) in [5.74, 6) is -0.0118. The zero-order valence-corrected chi connectivity index (χ0v) is 53.5. The predicted octanol–water partition coefficient (Wildman–Crippen LogP) is 24.2. The molecular weight excluding hydrogens is 1150 g/mol. The molecule has 0 saturated carbocycles. The molecule has 0 heterocycles. The molecule has 9 rings (SSSR count). The number of fused-ring (bicyclic) bond motifs is 3. The molecule has 0 radical (unpaired) electrons. The minimum absolute atomic E-state index is 0.0103. The lowest BCUT2D eigenvalue weighted by Gasteiger charge is -2.38. The van der Waals surface area contributed by atoms with Crippen molar-refractivity contribution in [2.45, 2.75) is 199 Å². The number of hydrogen-bond acceptors (Lipinski definition) is 4. The van der Waals surface area contributed by atoms with Crippen LogP contribution in [-0.4, -0.2) is 23.9 Å². The lowest BCUT2D eigenvalue weighted by atomic mass is 9.70. The second-order valence-corrected chi connectivity index (χ2v) is 25.3. The Hall–Kier alpha value is -7.72. The summed E-state index contributed by atoms with van der Waals surface area (Å²) in [7, 11) is 0. The van der Waals surface area contributed by atoms with Crippen molar-refractivity contribution < 1.29 is 45.4 Å². The highest BCUT2D eigenvalue weighted by Crippen LogP contribution is 2.57. The maximum atomic E-state index is 15.2. The summed E-state index contributed by atoms with van der Waals surface area (Å²) in [5, 5.41) is 0. The van der Waals surface area contributed by atoms with Crippen LogP contribution in [0.3, 0.4) is 0 Å². The molecule has 0 aromatic heterocycles. The number of ether oxygens (including phenoxy) is 2. The molecule has 0 spiro atoms. The number of ketones is 2. The van der Waals surface area contributed by atoms with E-state index in [0.29, 0.717) is 28.7 Å². The molecule has 10 heteroatoms. The first-order valence-corrected chi connectivity index (χ1v) is 33.3. The number of carbonyl (C=O) groups is 2. The summed E-state index contributed by atoms with van der Waals surface area (Å²) in [4.78, 5) is 26.8. The molecule has 91 heavy (non-hydrogen) atoms. The summed E-state index contributed by atoms with van der Waals surface area (Å²) in [6, 6.07) is 48.5. The maximum absolute atomic E-state index is 15.2. The van der Waals surface area contributed by atoms with Crippen molar-refractivity contribution in [1.29, 1.82) is 0 Å². The van der Waals surface area contributed by atoms with Gasteiger partial charge in [-0.2, -0.15) is 26.3 Å². The van der Waals surface area contributed by atoms with Gasteiger partial charge in [0.1, 0.15) is 23.0 Å². The van der Waals surface area contributed by atoms with E-state index in [1.807, 2.05) is 43.3 Å². The van der Waals surface area contributed by atoms with Gasteiger partial charge in [0.2, 0.25) is 5.41 Å². The van der Waals surface area contributed by atoms with Crippen molar-refractivity contribution in [1.82, 2.24) is 0 Å². The SMILES string of the molecule is CCCCCCCCCCCCC1(CCCCCCCCCCCC)c2cc(C)ccc2-c2ccc(Cc3ccc(C(=O)c4ccc(Oc5ccc(C(c6ccc(Oc7ccc(C(=O)c8ccc(C)cc8)cc7)cc6)(C(F)(F)F)C(F)(F)F)cc5)cc4)cc3)cc21. The van der Waals surface area contributed by atoms with E-state index in [1.54, 1.807) is 24.3 Å². The van der Waals surface area contributed by atoms with Crippen LogP contribution < -0.4 is 9.47 Å². The van der Waals surface area contributed by atoms with E-state index in [1.165, 1.54) is 198 Å². The Morgan fingerprint density at radius 3 is 1.04 bits per heavy atom. The van der Waals surface area contributed by atoms with Crippen LogP contribution in [0.4, 0.5) is 26.3 Å². The Morgan fingerprint density at radius 2 is 0.659 bits per heavy atom.